The Hall–Kier alpha value is -2.50. The minimum absolute atomic E-state index is 0.0677. The van der Waals surface area contributed by atoms with Crippen molar-refractivity contribution in [2.75, 3.05) is 18.0 Å². The molecule has 3 heterocycles. The standard InChI is InChI=1S/C23H25N3O2/c1-14-5-8-17(9-6-14)20-19-21(25-12-4-11-24(20)25)23(28)26(22(19)27)18-10-7-15(2)13-16(18)3/h5-10,13,19-21H,4,11-12H2,1-3H3. The molecule has 2 aromatic carbocycles. The molecule has 5 nitrogen and oxygen atoms in total. The number of anilines is 1. The van der Waals surface area contributed by atoms with Gasteiger partial charge in [0.15, 0.2) is 0 Å². The van der Waals surface area contributed by atoms with Gasteiger partial charge in [0.25, 0.3) is 5.91 Å². The van der Waals surface area contributed by atoms with Gasteiger partial charge in [-0.1, -0.05) is 47.5 Å². The van der Waals surface area contributed by atoms with Crippen LogP contribution in [0.25, 0.3) is 0 Å². The zero-order valence-electron chi connectivity index (χ0n) is 16.6. The highest BCUT2D eigenvalue weighted by molar-refractivity contribution is 6.24. The molecule has 3 fully saturated rings. The average Bonchev–Trinajstić information content (AvgIpc) is 3.30. The molecule has 2 amide bonds. The van der Waals surface area contributed by atoms with Crippen molar-refractivity contribution in [3.63, 3.8) is 0 Å². The number of nitrogens with zero attached hydrogens (tertiary/aromatic N) is 3. The lowest BCUT2D eigenvalue weighted by atomic mass is 9.89. The molecule has 3 atom stereocenters. The van der Waals surface area contributed by atoms with Crippen molar-refractivity contribution in [1.29, 1.82) is 0 Å². The predicted octanol–water partition coefficient (Wildman–Crippen LogP) is 3.15. The molecule has 3 aliphatic rings. The molecule has 0 aromatic heterocycles. The number of hydrogen-bond acceptors (Lipinski definition) is 4. The predicted molar refractivity (Wildman–Crippen MR) is 108 cm³/mol. The van der Waals surface area contributed by atoms with Crippen molar-refractivity contribution in [2.45, 2.75) is 39.3 Å². The van der Waals surface area contributed by atoms with E-state index in [9.17, 15) is 9.59 Å². The van der Waals surface area contributed by atoms with Gasteiger partial charge in [-0.25, -0.2) is 14.9 Å². The van der Waals surface area contributed by atoms with E-state index in [0.717, 1.165) is 41.9 Å². The van der Waals surface area contributed by atoms with Crippen molar-refractivity contribution in [1.82, 2.24) is 10.0 Å². The van der Waals surface area contributed by atoms with E-state index in [1.165, 1.54) is 10.5 Å². The number of carbonyl (C=O) groups excluding carboxylic acids is 2. The Labute approximate surface area is 165 Å². The molecule has 2 aromatic rings. The molecule has 5 heteroatoms. The van der Waals surface area contributed by atoms with E-state index in [0.29, 0.717) is 0 Å². The van der Waals surface area contributed by atoms with Crippen LogP contribution in [0.4, 0.5) is 5.69 Å². The van der Waals surface area contributed by atoms with Gasteiger partial charge >= 0.3 is 0 Å². The van der Waals surface area contributed by atoms with Gasteiger partial charge in [-0.15, -0.1) is 0 Å². The first-order chi connectivity index (χ1) is 13.5. The van der Waals surface area contributed by atoms with Crippen LogP contribution >= 0.6 is 0 Å². The van der Waals surface area contributed by atoms with Gasteiger partial charge < -0.3 is 0 Å². The normalized spacial score (nSPS) is 27.5. The third kappa shape index (κ3) is 2.39. The van der Waals surface area contributed by atoms with Crippen LogP contribution in [0.2, 0.25) is 0 Å². The van der Waals surface area contributed by atoms with Crippen molar-refractivity contribution in [3.05, 3.63) is 64.7 Å². The van der Waals surface area contributed by atoms with Crippen LogP contribution in [0, 0.1) is 26.7 Å². The fraction of sp³-hybridized carbons (Fsp3) is 0.391. The number of hydrazine groups is 1. The molecule has 0 radical (unpaired) electrons. The number of aryl methyl sites for hydroxylation is 3. The second-order valence-corrected chi connectivity index (χ2v) is 8.31. The molecule has 3 unspecified atom stereocenters. The second kappa shape index (κ2) is 6.26. The maximum Gasteiger partial charge on any atom is 0.253 e. The third-order valence-electron chi connectivity index (χ3n) is 6.42. The highest BCUT2D eigenvalue weighted by Crippen LogP contribution is 2.49. The second-order valence-electron chi connectivity index (χ2n) is 8.31. The summed E-state index contributed by atoms with van der Waals surface area (Å²) in [5, 5.41) is 4.41. The van der Waals surface area contributed by atoms with E-state index in [1.54, 1.807) is 0 Å². The highest BCUT2D eigenvalue weighted by atomic mass is 16.2. The maximum absolute atomic E-state index is 13.6. The van der Waals surface area contributed by atoms with E-state index in [2.05, 4.69) is 41.2 Å². The number of hydrogen-bond donors (Lipinski definition) is 0. The van der Waals surface area contributed by atoms with Crippen LogP contribution in [-0.4, -0.2) is 41.0 Å². The number of rotatable bonds is 2. The Morgan fingerprint density at radius 3 is 2.11 bits per heavy atom. The Morgan fingerprint density at radius 2 is 1.43 bits per heavy atom. The van der Waals surface area contributed by atoms with Crippen molar-refractivity contribution in [3.8, 4) is 0 Å². The summed E-state index contributed by atoms with van der Waals surface area (Å²) >= 11 is 0. The van der Waals surface area contributed by atoms with Gasteiger partial charge in [-0.3, -0.25) is 9.59 Å². The van der Waals surface area contributed by atoms with Gasteiger partial charge in [0.1, 0.15) is 6.04 Å². The van der Waals surface area contributed by atoms with Crippen LogP contribution in [0.3, 0.4) is 0 Å². The van der Waals surface area contributed by atoms with Gasteiger partial charge in [0.05, 0.1) is 17.6 Å². The maximum atomic E-state index is 13.6. The smallest absolute Gasteiger partial charge is 0.253 e. The van der Waals surface area contributed by atoms with E-state index in [-0.39, 0.29) is 29.8 Å². The Morgan fingerprint density at radius 1 is 0.786 bits per heavy atom. The van der Waals surface area contributed by atoms with Gasteiger partial charge in [0.2, 0.25) is 5.91 Å². The summed E-state index contributed by atoms with van der Waals surface area (Å²) in [6.45, 7) is 7.79. The molecule has 3 aliphatic heterocycles. The van der Waals surface area contributed by atoms with Crippen LogP contribution in [0.5, 0.6) is 0 Å². The Kier molecular flexibility index (Phi) is 3.93. The molecular weight excluding hydrogens is 350 g/mol. The summed E-state index contributed by atoms with van der Waals surface area (Å²) in [6.07, 6.45) is 1.02. The molecule has 0 N–H and O–H groups in total. The zero-order valence-corrected chi connectivity index (χ0v) is 16.6. The molecule has 28 heavy (non-hydrogen) atoms. The zero-order chi connectivity index (χ0) is 19.6. The van der Waals surface area contributed by atoms with E-state index < -0.39 is 0 Å². The molecule has 144 valence electrons. The first-order valence-electron chi connectivity index (χ1n) is 10.0. The summed E-state index contributed by atoms with van der Waals surface area (Å²) in [7, 11) is 0. The van der Waals surface area contributed by atoms with Crippen LogP contribution in [0.1, 0.15) is 34.7 Å². The van der Waals surface area contributed by atoms with Crippen LogP contribution in [0.15, 0.2) is 42.5 Å². The molecule has 5 rings (SSSR count). The molecule has 0 saturated carbocycles. The summed E-state index contributed by atoms with van der Waals surface area (Å²) in [5.41, 5.74) is 5.13. The summed E-state index contributed by atoms with van der Waals surface area (Å²) in [4.78, 5) is 28.5. The number of fused-ring (bicyclic) bond motifs is 3. The minimum Gasteiger partial charge on any atom is -0.274 e. The SMILES string of the molecule is Cc1ccc(C2C3C(=O)N(c4ccc(C)cc4C)C(=O)C3N3CCCN23)cc1. The first-order valence-corrected chi connectivity index (χ1v) is 10.0. The van der Waals surface area contributed by atoms with E-state index in [4.69, 9.17) is 0 Å². The monoisotopic (exact) mass is 375 g/mol. The lowest BCUT2D eigenvalue weighted by molar-refractivity contribution is -0.126. The van der Waals surface area contributed by atoms with Crippen molar-refractivity contribution >= 4 is 17.5 Å². The third-order valence-corrected chi connectivity index (χ3v) is 6.42. The lowest BCUT2D eigenvalue weighted by Gasteiger charge is -2.30. The summed E-state index contributed by atoms with van der Waals surface area (Å²) in [5.74, 6) is -0.499. The van der Waals surface area contributed by atoms with Gasteiger partial charge in [-0.2, -0.15) is 0 Å². The fourth-order valence-electron chi connectivity index (χ4n) is 5.17. The molecule has 0 bridgehead atoms. The van der Waals surface area contributed by atoms with Gasteiger partial charge in [0, 0.05) is 13.1 Å². The molecule has 0 spiro atoms. The first kappa shape index (κ1) is 17.6. The van der Waals surface area contributed by atoms with Crippen LogP contribution < -0.4 is 4.90 Å². The van der Waals surface area contributed by atoms with Gasteiger partial charge in [-0.05, 0) is 44.4 Å². The minimum atomic E-state index is -0.387. The number of carbonyl (C=O) groups is 2. The average molecular weight is 375 g/mol. The quantitative estimate of drug-likeness (QED) is 0.757. The summed E-state index contributed by atoms with van der Waals surface area (Å²) in [6, 6.07) is 13.8. The number of imide groups is 1. The Balaban J connectivity index is 1.59. The number of amides is 2. The largest absolute Gasteiger partial charge is 0.274 e. The Bertz CT molecular complexity index is 968. The van der Waals surface area contributed by atoms with E-state index in [1.807, 2.05) is 32.0 Å². The lowest BCUT2D eigenvalue weighted by Crippen LogP contribution is -2.44. The van der Waals surface area contributed by atoms with E-state index >= 15 is 0 Å². The number of benzene rings is 2. The van der Waals surface area contributed by atoms with Crippen molar-refractivity contribution in [2.24, 2.45) is 5.92 Å². The fourth-order valence-corrected chi connectivity index (χ4v) is 5.17. The van der Waals surface area contributed by atoms with Crippen molar-refractivity contribution < 1.29 is 9.59 Å². The van der Waals surface area contributed by atoms with Crippen LogP contribution in [-0.2, 0) is 9.59 Å². The topological polar surface area (TPSA) is 43.9 Å². The molecular formula is C23H25N3O2. The molecule has 0 aliphatic carbocycles. The molecule has 3 saturated heterocycles. The highest BCUT2D eigenvalue weighted by Gasteiger charge is 2.62. The summed E-state index contributed by atoms with van der Waals surface area (Å²) < 4.78 is 0.